The number of carbonyl (C=O) groups excluding carboxylic acids is 1. The number of aliphatic hydroxyl groups is 1. The highest BCUT2D eigenvalue weighted by atomic mass is 32.2. The molecular formula is C18H25NO7S. The summed E-state index contributed by atoms with van der Waals surface area (Å²) >= 11 is 0. The molecule has 2 fully saturated rings. The van der Waals surface area contributed by atoms with Gasteiger partial charge in [-0.05, 0) is 39.8 Å². The van der Waals surface area contributed by atoms with Gasteiger partial charge in [-0.2, -0.15) is 8.42 Å². The fraction of sp³-hybridized carbons (Fsp3) is 0.611. The van der Waals surface area contributed by atoms with E-state index in [1.807, 2.05) is 6.92 Å². The normalized spacial score (nSPS) is 28.3. The third-order valence-corrected chi connectivity index (χ3v) is 5.83. The van der Waals surface area contributed by atoms with Crippen LogP contribution >= 0.6 is 0 Å². The van der Waals surface area contributed by atoms with E-state index in [1.165, 1.54) is 17.0 Å². The number of likely N-dealkylation sites (tertiary alicyclic amines) is 1. The summed E-state index contributed by atoms with van der Waals surface area (Å²) in [5, 5.41) is 10.2. The fourth-order valence-electron chi connectivity index (χ4n) is 3.28. The van der Waals surface area contributed by atoms with E-state index in [9.17, 15) is 18.3 Å². The van der Waals surface area contributed by atoms with Crippen molar-refractivity contribution in [3.8, 4) is 0 Å². The van der Waals surface area contributed by atoms with Crippen LogP contribution in [0.4, 0.5) is 4.79 Å². The van der Waals surface area contributed by atoms with Gasteiger partial charge in [0.15, 0.2) is 0 Å². The molecule has 2 heterocycles. The molecule has 1 aromatic rings. The Bertz CT molecular complexity index is 800. The molecular weight excluding hydrogens is 374 g/mol. The molecule has 0 spiro atoms. The number of carbonyl (C=O) groups is 1. The van der Waals surface area contributed by atoms with Crippen molar-refractivity contribution in [1.29, 1.82) is 0 Å². The molecule has 0 bridgehead atoms. The van der Waals surface area contributed by atoms with Gasteiger partial charge in [0.05, 0.1) is 24.1 Å². The molecule has 4 atom stereocenters. The largest absolute Gasteiger partial charge is 0.444 e. The highest BCUT2D eigenvalue weighted by Gasteiger charge is 2.55. The number of hydrogen-bond donors (Lipinski definition) is 1. The predicted octanol–water partition coefficient (Wildman–Crippen LogP) is 1.45. The quantitative estimate of drug-likeness (QED) is 0.768. The minimum absolute atomic E-state index is 0.000922. The summed E-state index contributed by atoms with van der Waals surface area (Å²) in [6.45, 7) is 7.00. The Morgan fingerprint density at radius 3 is 2.48 bits per heavy atom. The summed E-state index contributed by atoms with van der Waals surface area (Å²) in [6.07, 6.45) is -3.24. The zero-order valence-electron chi connectivity index (χ0n) is 15.8. The van der Waals surface area contributed by atoms with Crippen molar-refractivity contribution < 1.29 is 32.0 Å². The van der Waals surface area contributed by atoms with Crippen LogP contribution in [-0.4, -0.2) is 67.6 Å². The molecule has 1 N–H and O–H groups in total. The van der Waals surface area contributed by atoms with Gasteiger partial charge in [0, 0.05) is 0 Å². The minimum Gasteiger partial charge on any atom is -0.444 e. The summed E-state index contributed by atoms with van der Waals surface area (Å²) in [7, 11) is -4.04. The molecule has 0 radical (unpaired) electrons. The number of aliphatic hydroxyl groups excluding tert-OH is 1. The molecule has 9 heteroatoms. The molecule has 2 aliphatic heterocycles. The number of fused-ring (bicyclic) bond motifs is 1. The molecule has 150 valence electrons. The SMILES string of the molecule is Cc1ccc(S(=O)(=O)OC2CN(C(=O)OC(C)(C)C)C3C(O)COC23)cc1. The predicted molar refractivity (Wildman–Crippen MR) is 95.7 cm³/mol. The number of benzene rings is 1. The molecule has 0 aromatic heterocycles. The first-order valence-corrected chi connectivity index (χ1v) is 10.2. The van der Waals surface area contributed by atoms with E-state index in [1.54, 1.807) is 32.9 Å². The van der Waals surface area contributed by atoms with Gasteiger partial charge in [-0.1, -0.05) is 17.7 Å². The van der Waals surface area contributed by atoms with Gasteiger partial charge < -0.3 is 14.6 Å². The average molecular weight is 399 g/mol. The molecule has 8 nitrogen and oxygen atoms in total. The van der Waals surface area contributed by atoms with Gasteiger partial charge >= 0.3 is 6.09 Å². The van der Waals surface area contributed by atoms with Crippen LogP contribution in [0, 0.1) is 6.92 Å². The van der Waals surface area contributed by atoms with Gasteiger partial charge in [0.2, 0.25) is 0 Å². The standard InChI is InChI=1S/C18H25NO7S/c1-11-5-7-12(8-6-11)27(22,23)26-14-9-19(17(21)25-18(2,3)4)15-13(20)10-24-16(14)15/h5-8,13-16,20H,9-10H2,1-4H3. The van der Waals surface area contributed by atoms with E-state index in [0.29, 0.717) is 0 Å². The molecule has 0 aliphatic carbocycles. The first-order chi connectivity index (χ1) is 12.5. The number of ether oxygens (including phenoxy) is 2. The van der Waals surface area contributed by atoms with Crippen LogP contribution in [0.15, 0.2) is 29.2 Å². The Balaban J connectivity index is 1.80. The molecule has 2 aliphatic rings. The Labute approximate surface area is 159 Å². The lowest BCUT2D eigenvalue weighted by Gasteiger charge is -2.28. The monoisotopic (exact) mass is 399 g/mol. The number of nitrogens with zero attached hydrogens (tertiary/aromatic N) is 1. The molecule has 2 saturated heterocycles. The van der Waals surface area contributed by atoms with Gasteiger partial charge in [-0.15, -0.1) is 0 Å². The van der Waals surface area contributed by atoms with E-state index in [4.69, 9.17) is 13.7 Å². The van der Waals surface area contributed by atoms with Crippen molar-refractivity contribution in [1.82, 2.24) is 4.90 Å². The Kier molecular flexibility index (Phi) is 5.24. The van der Waals surface area contributed by atoms with E-state index in [0.717, 1.165) is 5.56 Å². The summed E-state index contributed by atoms with van der Waals surface area (Å²) in [5.74, 6) is 0. The van der Waals surface area contributed by atoms with Crippen molar-refractivity contribution >= 4 is 16.2 Å². The zero-order chi connectivity index (χ0) is 20.0. The number of amides is 1. The van der Waals surface area contributed by atoms with Crippen molar-refractivity contribution in [3.63, 3.8) is 0 Å². The molecule has 1 amide bonds. The maximum Gasteiger partial charge on any atom is 0.410 e. The third kappa shape index (κ3) is 4.26. The summed E-state index contributed by atoms with van der Waals surface area (Å²) in [4.78, 5) is 13.8. The maximum atomic E-state index is 12.6. The number of aryl methyl sites for hydroxylation is 1. The van der Waals surface area contributed by atoms with E-state index in [-0.39, 0.29) is 18.0 Å². The van der Waals surface area contributed by atoms with Crippen molar-refractivity contribution in [2.24, 2.45) is 0 Å². The summed E-state index contributed by atoms with van der Waals surface area (Å²) in [6, 6.07) is 5.57. The highest BCUT2D eigenvalue weighted by Crippen LogP contribution is 2.34. The molecule has 27 heavy (non-hydrogen) atoms. The second-order valence-electron chi connectivity index (χ2n) is 7.89. The van der Waals surface area contributed by atoms with Gasteiger partial charge in [0.1, 0.15) is 23.9 Å². The van der Waals surface area contributed by atoms with Crippen LogP contribution in [0.3, 0.4) is 0 Å². The lowest BCUT2D eigenvalue weighted by molar-refractivity contribution is 0.00833. The van der Waals surface area contributed by atoms with Gasteiger partial charge in [-0.25, -0.2) is 4.79 Å². The van der Waals surface area contributed by atoms with Gasteiger partial charge in [0.25, 0.3) is 10.1 Å². The molecule has 3 rings (SSSR count). The van der Waals surface area contributed by atoms with Crippen molar-refractivity contribution in [2.75, 3.05) is 13.2 Å². The molecule has 4 unspecified atom stereocenters. The summed E-state index contributed by atoms with van der Waals surface area (Å²) in [5.41, 5.74) is 0.206. The highest BCUT2D eigenvalue weighted by molar-refractivity contribution is 7.86. The Hall–Kier alpha value is -1.68. The van der Waals surface area contributed by atoms with Crippen LogP contribution in [0.2, 0.25) is 0 Å². The lowest BCUT2D eigenvalue weighted by Crippen LogP contribution is -2.46. The topological polar surface area (TPSA) is 102 Å². The Morgan fingerprint density at radius 2 is 1.89 bits per heavy atom. The second-order valence-corrected chi connectivity index (χ2v) is 9.46. The first-order valence-electron chi connectivity index (χ1n) is 8.77. The molecule has 1 aromatic carbocycles. The third-order valence-electron chi connectivity index (χ3n) is 4.48. The smallest absolute Gasteiger partial charge is 0.410 e. The van der Waals surface area contributed by atoms with Crippen LogP contribution in [0.1, 0.15) is 26.3 Å². The lowest BCUT2D eigenvalue weighted by atomic mass is 10.1. The van der Waals surface area contributed by atoms with Crippen LogP contribution in [-0.2, 0) is 23.8 Å². The van der Waals surface area contributed by atoms with E-state index < -0.39 is 46.2 Å². The minimum atomic E-state index is -4.04. The van der Waals surface area contributed by atoms with E-state index in [2.05, 4.69) is 0 Å². The second kappa shape index (κ2) is 7.05. The molecule has 0 saturated carbocycles. The van der Waals surface area contributed by atoms with Crippen molar-refractivity contribution in [2.45, 2.75) is 62.5 Å². The van der Waals surface area contributed by atoms with Crippen LogP contribution < -0.4 is 0 Å². The average Bonchev–Trinajstić information content (AvgIpc) is 3.08. The van der Waals surface area contributed by atoms with E-state index >= 15 is 0 Å². The fourth-order valence-corrected chi connectivity index (χ4v) is 4.36. The van der Waals surface area contributed by atoms with Crippen LogP contribution in [0.5, 0.6) is 0 Å². The summed E-state index contributed by atoms with van der Waals surface area (Å²) < 4.78 is 41.5. The zero-order valence-corrected chi connectivity index (χ0v) is 16.6. The van der Waals surface area contributed by atoms with Gasteiger partial charge in [-0.3, -0.25) is 9.08 Å². The van der Waals surface area contributed by atoms with Crippen molar-refractivity contribution in [3.05, 3.63) is 29.8 Å². The number of hydrogen-bond acceptors (Lipinski definition) is 7. The first kappa shape index (κ1) is 20.1. The maximum absolute atomic E-state index is 12.6. The Morgan fingerprint density at radius 1 is 1.26 bits per heavy atom. The number of rotatable bonds is 3. The van der Waals surface area contributed by atoms with Crippen LogP contribution in [0.25, 0.3) is 0 Å².